The number of unbranched alkanes of at least 4 members (excludes halogenated alkanes) is 27. The van der Waals surface area contributed by atoms with Crippen molar-refractivity contribution in [2.45, 2.75) is 287 Å². The van der Waals surface area contributed by atoms with Crippen LogP contribution in [0, 0.1) is 0 Å². The highest BCUT2D eigenvalue weighted by Gasteiger charge is 2.44. The third-order valence-corrected chi connectivity index (χ3v) is 12.9. The van der Waals surface area contributed by atoms with Gasteiger partial charge >= 0.3 is 0 Å². The van der Waals surface area contributed by atoms with Crippen molar-refractivity contribution < 1.29 is 50.0 Å². The monoisotopic (exact) mass is 924 g/mol. The first kappa shape index (κ1) is 61.3. The van der Waals surface area contributed by atoms with Crippen LogP contribution in [0.1, 0.15) is 232 Å². The normalized spacial score (nSPS) is 21.2. The van der Waals surface area contributed by atoms with Crippen molar-refractivity contribution in [1.82, 2.24) is 5.32 Å². The van der Waals surface area contributed by atoms with Crippen LogP contribution in [-0.2, 0) is 14.3 Å². The first-order valence-corrected chi connectivity index (χ1v) is 26.9. The van der Waals surface area contributed by atoms with Gasteiger partial charge in [0.15, 0.2) is 6.29 Å². The molecule has 0 spiro atoms. The van der Waals surface area contributed by atoms with Crippen molar-refractivity contribution in [3.63, 3.8) is 0 Å². The highest BCUT2D eigenvalue weighted by molar-refractivity contribution is 5.80. The molecule has 11 heteroatoms. The van der Waals surface area contributed by atoms with Gasteiger partial charge in [0, 0.05) is 0 Å². The third-order valence-electron chi connectivity index (χ3n) is 12.9. The molecule has 9 atom stereocenters. The van der Waals surface area contributed by atoms with Crippen molar-refractivity contribution >= 4 is 5.91 Å². The average Bonchev–Trinajstić information content (AvgIpc) is 3.31. The zero-order valence-electron chi connectivity index (χ0n) is 41.5. The minimum atomic E-state index is -1.67. The molecule has 65 heavy (non-hydrogen) atoms. The predicted molar refractivity (Wildman–Crippen MR) is 265 cm³/mol. The number of hydrogen-bond donors (Lipinski definition) is 8. The number of aliphatic hydroxyl groups is 7. The summed E-state index contributed by atoms with van der Waals surface area (Å²) in [5.41, 5.74) is 0. The topological polar surface area (TPSA) is 189 Å². The van der Waals surface area contributed by atoms with Crippen LogP contribution >= 0.6 is 0 Å². The third kappa shape index (κ3) is 32.7. The average molecular weight is 924 g/mol. The smallest absolute Gasteiger partial charge is 0.249 e. The lowest BCUT2D eigenvalue weighted by Gasteiger charge is -2.40. The Morgan fingerprint density at radius 2 is 0.923 bits per heavy atom. The molecular formula is C54H101NO10. The summed E-state index contributed by atoms with van der Waals surface area (Å²) in [6.07, 6.45) is 40.8. The molecule has 9 unspecified atom stereocenters. The van der Waals surface area contributed by atoms with Gasteiger partial charge in [-0.05, 0) is 64.2 Å². The summed E-state index contributed by atoms with van der Waals surface area (Å²) in [6.45, 7) is 3.41. The van der Waals surface area contributed by atoms with E-state index >= 15 is 0 Å². The number of carbonyl (C=O) groups excluding carboxylic acids is 1. The van der Waals surface area contributed by atoms with Gasteiger partial charge in [0.05, 0.1) is 25.4 Å². The second-order valence-corrected chi connectivity index (χ2v) is 18.9. The van der Waals surface area contributed by atoms with E-state index in [1.807, 2.05) is 0 Å². The lowest BCUT2D eigenvalue weighted by Crippen LogP contribution is -2.60. The van der Waals surface area contributed by atoms with Gasteiger partial charge in [-0.3, -0.25) is 4.79 Å². The molecule has 0 bridgehead atoms. The molecule has 1 aliphatic rings. The van der Waals surface area contributed by atoms with E-state index in [0.29, 0.717) is 19.3 Å². The Hall–Kier alpha value is -1.67. The van der Waals surface area contributed by atoms with Crippen molar-refractivity contribution in [2.75, 3.05) is 13.2 Å². The highest BCUT2D eigenvalue weighted by Crippen LogP contribution is 2.23. The summed E-state index contributed by atoms with van der Waals surface area (Å²) in [5, 5.41) is 75.7. The fraction of sp³-hybridized carbons (Fsp3) is 0.870. The highest BCUT2D eigenvalue weighted by atomic mass is 16.7. The Morgan fingerprint density at radius 1 is 0.523 bits per heavy atom. The minimum Gasteiger partial charge on any atom is -0.394 e. The molecule has 1 heterocycles. The molecule has 382 valence electrons. The van der Waals surface area contributed by atoms with Gasteiger partial charge in [-0.1, -0.05) is 204 Å². The standard InChI is InChI=1S/C54H101NO10/c1-3-5-7-9-11-13-15-16-17-18-19-20-21-22-23-24-25-26-27-28-29-30-31-32-34-35-37-39-41-46(57)49(59)45(44-64-54-52(62)51(61)50(60)48(43-56)65-54)55-53(63)47(58)42-40-38-36-33-14-12-10-8-6-4-2/h25-26,29-30,34-35,45-52,54,56-62H,3-24,27-28,31-33,36-44H2,1-2H3,(H,55,63)/b26-25+,30-29+,35-34+. The first-order chi connectivity index (χ1) is 31.7. The lowest BCUT2D eigenvalue weighted by molar-refractivity contribution is -0.303. The van der Waals surface area contributed by atoms with Gasteiger partial charge in [-0.15, -0.1) is 0 Å². The molecule has 11 nitrogen and oxygen atoms in total. The maximum atomic E-state index is 13.1. The molecule has 1 aliphatic heterocycles. The van der Waals surface area contributed by atoms with E-state index in [0.717, 1.165) is 44.9 Å². The number of allylic oxidation sites excluding steroid dienone is 6. The zero-order chi connectivity index (χ0) is 47.6. The Kier molecular flexibility index (Phi) is 41.1. The number of rotatable bonds is 45. The van der Waals surface area contributed by atoms with Crippen LogP contribution in [0.3, 0.4) is 0 Å². The van der Waals surface area contributed by atoms with E-state index in [-0.39, 0.29) is 12.8 Å². The van der Waals surface area contributed by atoms with E-state index < -0.39 is 74.2 Å². The molecule has 0 aromatic carbocycles. The number of carbonyl (C=O) groups is 1. The van der Waals surface area contributed by atoms with E-state index in [1.54, 1.807) is 0 Å². The summed E-state index contributed by atoms with van der Waals surface area (Å²) in [7, 11) is 0. The molecule has 1 fully saturated rings. The Morgan fingerprint density at radius 3 is 1.37 bits per heavy atom. The van der Waals surface area contributed by atoms with E-state index in [1.165, 1.54) is 141 Å². The largest absolute Gasteiger partial charge is 0.394 e. The van der Waals surface area contributed by atoms with E-state index in [4.69, 9.17) is 9.47 Å². The molecule has 1 amide bonds. The molecule has 0 saturated carbocycles. The van der Waals surface area contributed by atoms with Crippen LogP contribution in [0.4, 0.5) is 0 Å². The summed E-state index contributed by atoms with van der Waals surface area (Å²) >= 11 is 0. The van der Waals surface area contributed by atoms with Gasteiger partial charge < -0.3 is 50.5 Å². The molecule has 1 rings (SSSR count). The van der Waals surface area contributed by atoms with Crippen LogP contribution in [-0.4, -0.2) is 110 Å². The number of amides is 1. The fourth-order valence-electron chi connectivity index (χ4n) is 8.47. The summed E-state index contributed by atoms with van der Waals surface area (Å²) in [6, 6.07) is -1.19. The van der Waals surface area contributed by atoms with Crippen LogP contribution in [0.25, 0.3) is 0 Å². The van der Waals surface area contributed by atoms with Crippen molar-refractivity contribution in [2.24, 2.45) is 0 Å². The van der Waals surface area contributed by atoms with Crippen LogP contribution in [0.5, 0.6) is 0 Å². The Bertz CT molecular complexity index is 1150. The molecule has 0 radical (unpaired) electrons. The second kappa shape index (κ2) is 43.6. The van der Waals surface area contributed by atoms with Crippen molar-refractivity contribution in [3.8, 4) is 0 Å². The summed E-state index contributed by atoms with van der Waals surface area (Å²) in [5.74, 6) is -0.714. The number of aliphatic hydroxyl groups excluding tert-OH is 7. The van der Waals surface area contributed by atoms with Gasteiger partial charge in [0.2, 0.25) is 5.91 Å². The SMILES string of the molecule is CCCCCCCCCCCCCCCCC/C=C/CC/C=C/CC/C=C/CCCC(O)C(O)C(COC1OC(CO)C(O)C(O)C1O)NC(=O)C(O)CCCCCCCCCCCC. The lowest BCUT2D eigenvalue weighted by atomic mass is 9.98. The van der Waals surface area contributed by atoms with Gasteiger partial charge in [-0.25, -0.2) is 0 Å². The maximum Gasteiger partial charge on any atom is 0.249 e. The van der Waals surface area contributed by atoms with Gasteiger partial charge in [-0.2, -0.15) is 0 Å². The second-order valence-electron chi connectivity index (χ2n) is 18.9. The van der Waals surface area contributed by atoms with Crippen molar-refractivity contribution in [1.29, 1.82) is 0 Å². The molecule has 1 saturated heterocycles. The molecule has 8 N–H and O–H groups in total. The van der Waals surface area contributed by atoms with Gasteiger partial charge in [0.25, 0.3) is 0 Å². The molecule has 0 aliphatic carbocycles. The fourth-order valence-corrected chi connectivity index (χ4v) is 8.47. The Labute approximate surface area is 397 Å². The first-order valence-electron chi connectivity index (χ1n) is 26.9. The molecule has 0 aromatic rings. The summed E-state index contributed by atoms with van der Waals surface area (Å²) in [4.78, 5) is 13.1. The van der Waals surface area contributed by atoms with Crippen LogP contribution in [0.15, 0.2) is 36.5 Å². The van der Waals surface area contributed by atoms with E-state index in [2.05, 4.69) is 55.6 Å². The van der Waals surface area contributed by atoms with Crippen LogP contribution < -0.4 is 5.32 Å². The predicted octanol–water partition coefficient (Wildman–Crippen LogP) is 10.3. The number of hydrogen-bond acceptors (Lipinski definition) is 10. The number of ether oxygens (including phenoxy) is 2. The molecule has 0 aromatic heterocycles. The minimum absolute atomic E-state index is 0.242. The zero-order valence-corrected chi connectivity index (χ0v) is 41.5. The maximum absolute atomic E-state index is 13.1. The van der Waals surface area contributed by atoms with E-state index in [9.17, 15) is 40.5 Å². The summed E-state index contributed by atoms with van der Waals surface area (Å²) < 4.78 is 11.1. The molecular weight excluding hydrogens is 823 g/mol. The van der Waals surface area contributed by atoms with Crippen molar-refractivity contribution in [3.05, 3.63) is 36.5 Å². The quantitative estimate of drug-likeness (QED) is 0.0216. The number of nitrogens with one attached hydrogen (secondary N) is 1. The van der Waals surface area contributed by atoms with Gasteiger partial charge in [0.1, 0.15) is 36.6 Å². The van der Waals surface area contributed by atoms with Crippen LogP contribution in [0.2, 0.25) is 0 Å². The Balaban J connectivity index is 2.32.